The van der Waals surface area contributed by atoms with E-state index in [1.165, 1.54) is 41.7 Å². The van der Waals surface area contributed by atoms with Crippen LogP contribution in [-0.2, 0) is 4.79 Å². The first-order valence-corrected chi connectivity index (χ1v) is 9.11. The lowest BCUT2D eigenvalue weighted by molar-refractivity contribution is -0.384. The summed E-state index contributed by atoms with van der Waals surface area (Å²) in [7, 11) is 1.37. The lowest BCUT2D eigenvalue weighted by atomic mass is 10.2. The summed E-state index contributed by atoms with van der Waals surface area (Å²) < 4.78 is 6.48. The maximum atomic E-state index is 12.3. The highest BCUT2D eigenvalue weighted by atomic mass is 32.2. The minimum Gasteiger partial charge on any atom is -0.494 e. The number of methoxy groups -OCH3 is 1. The van der Waals surface area contributed by atoms with Crippen LogP contribution < -0.4 is 15.9 Å². The first-order chi connectivity index (χ1) is 13.5. The zero-order valence-corrected chi connectivity index (χ0v) is 15.7. The monoisotopic (exact) mass is 399 g/mol. The highest BCUT2D eigenvalue weighted by molar-refractivity contribution is 7.99. The third kappa shape index (κ3) is 4.41. The molecular weight excluding hydrogens is 382 g/mol. The van der Waals surface area contributed by atoms with Crippen LogP contribution in [0.25, 0.3) is 11.3 Å². The van der Waals surface area contributed by atoms with Gasteiger partial charge < -0.3 is 15.9 Å². The summed E-state index contributed by atoms with van der Waals surface area (Å²) >= 11 is 1.18. The van der Waals surface area contributed by atoms with Gasteiger partial charge in [0.1, 0.15) is 5.75 Å². The summed E-state index contributed by atoms with van der Waals surface area (Å²) in [5, 5.41) is 14.0. The summed E-state index contributed by atoms with van der Waals surface area (Å²) in [5.41, 5.74) is 1.86. The average molecular weight is 399 g/mol. The van der Waals surface area contributed by atoms with Crippen molar-refractivity contribution in [2.24, 2.45) is 0 Å². The van der Waals surface area contributed by atoms with Gasteiger partial charge in [-0.15, -0.1) is 0 Å². The number of imidazole rings is 1. The quantitative estimate of drug-likeness (QED) is 0.271. The standard InChI is InChI=1S/C18H17N5O4S/c1-27-16-9-13(23(25)26)7-8-14(16)20-17(24)11-28-18-21-15(10-22(18)19)12-5-3-2-4-6-12/h2-10H,11,19H2,1H3,(H,20,24). The normalized spacial score (nSPS) is 10.5. The third-order valence-corrected chi connectivity index (χ3v) is 4.74. The van der Waals surface area contributed by atoms with Crippen LogP contribution in [0.4, 0.5) is 11.4 Å². The molecule has 144 valence electrons. The third-order valence-electron chi connectivity index (χ3n) is 3.77. The molecule has 1 aromatic heterocycles. The molecule has 0 aliphatic carbocycles. The molecule has 0 atom stereocenters. The van der Waals surface area contributed by atoms with Crippen molar-refractivity contribution in [2.75, 3.05) is 24.0 Å². The number of hydrogen-bond acceptors (Lipinski definition) is 7. The van der Waals surface area contributed by atoms with E-state index in [0.29, 0.717) is 16.5 Å². The predicted molar refractivity (Wildman–Crippen MR) is 107 cm³/mol. The van der Waals surface area contributed by atoms with Crippen molar-refractivity contribution in [3.63, 3.8) is 0 Å². The van der Waals surface area contributed by atoms with Gasteiger partial charge in [0.2, 0.25) is 5.91 Å². The Hall–Kier alpha value is -3.53. The molecule has 3 aromatic rings. The molecule has 3 N–H and O–H groups in total. The van der Waals surface area contributed by atoms with Crippen LogP contribution in [0, 0.1) is 10.1 Å². The topological polar surface area (TPSA) is 125 Å². The number of anilines is 1. The minimum absolute atomic E-state index is 0.0581. The molecule has 0 spiro atoms. The number of thioether (sulfide) groups is 1. The maximum Gasteiger partial charge on any atom is 0.273 e. The number of benzene rings is 2. The Morgan fingerprint density at radius 1 is 1.32 bits per heavy atom. The molecule has 1 heterocycles. The Morgan fingerprint density at radius 2 is 2.07 bits per heavy atom. The Kier molecular flexibility index (Phi) is 5.80. The number of hydrogen-bond donors (Lipinski definition) is 2. The molecule has 10 heteroatoms. The Morgan fingerprint density at radius 3 is 2.75 bits per heavy atom. The summed E-state index contributed by atoms with van der Waals surface area (Å²) in [6, 6.07) is 13.5. The van der Waals surface area contributed by atoms with Crippen molar-refractivity contribution in [1.29, 1.82) is 0 Å². The molecule has 2 aromatic carbocycles. The first kappa shape index (κ1) is 19.2. The fourth-order valence-electron chi connectivity index (χ4n) is 2.44. The molecule has 0 fully saturated rings. The van der Waals surface area contributed by atoms with E-state index < -0.39 is 4.92 Å². The largest absolute Gasteiger partial charge is 0.494 e. The number of ether oxygens (including phenoxy) is 1. The number of nitrogens with zero attached hydrogens (tertiary/aromatic N) is 3. The van der Waals surface area contributed by atoms with Crippen molar-refractivity contribution in [3.05, 3.63) is 64.8 Å². The van der Waals surface area contributed by atoms with Gasteiger partial charge in [-0.25, -0.2) is 9.66 Å². The Balaban J connectivity index is 1.65. The summed E-state index contributed by atoms with van der Waals surface area (Å²) in [5.74, 6) is 5.87. The van der Waals surface area contributed by atoms with Crippen LogP contribution in [0.2, 0.25) is 0 Å². The number of carbonyl (C=O) groups excluding carboxylic acids is 1. The second-order valence-corrected chi connectivity index (χ2v) is 6.60. The number of rotatable bonds is 7. The number of amides is 1. The predicted octanol–water partition coefficient (Wildman–Crippen LogP) is 2.91. The second kappa shape index (κ2) is 8.44. The van der Waals surface area contributed by atoms with Gasteiger partial charge in [0.05, 0.1) is 41.4 Å². The van der Waals surface area contributed by atoms with Gasteiger partial charge in [-0.3, -0.25) is 14.9 Å². The minimum atomic E-state index is -0.532. The molecule has 0 aliphatic rings. The highest BCUT2D eigenvalue weighted by Gasteiger charge is 2.15. The lowest BCUT2D eigenvalue weighted by Crippen LogP contribution is -2.16. The van der Waals surface area contributed by atoms with Crippen molar-refractivity contribution >= 4 is 29.0 Å². The maximum absolute atomic E-state index is 12.3. The van der Waals surface area contributed by atoms with Crippen molar-refractivity contribution in [1.82, 2.24) is 9.66 Å². The van der Waals surface area contributed by atoms with Crippen molar-refractivity contribution < 1.29 is 14.5 Å². The van der Waals surface area contributed by atoms with Gasteiger partial charge in [-0.2, -0.15) is 0 Å². The van der Waals surface area contributed by atoms with E-state index in [-0.39, 0.29) is 23.1 Å². The van der Waals surface area contributed by atoms with E-state index >= 15 is 0 Å². The number of nitrogen functional groups attached to an aromatic ring is 1. The summed E-state index contributed by atoms with van der Waals surface area (Å²) in [4.78, 5) is 27.0. The lowest BCUT2D eigenvalue weighted by Gasteiger charge is -2.09. The molecule has 28 heavy (non-hydrogen) atoms. The van der Waals surface area contributed by atoms with Crippen LogP contribution in [0.1, 0.15) is 0 Å². The van der Waals surface area contributed by atoms with Crippen LogP contribution >= 0.6 is 11.8 Å². The van der Waals surface area contributed by atoms with E-state index in [2.05, 4.69) is 10.3 Å². The fourth-order valence-corrected chi connectivity index (χ4v) is 3.14. The number of non-ortho nitro benzene ring substituents is 1. The van der Waals surface area contributed by atoms with Crippen molar-refractivity contribution in [2.45, 2.75) is 5.16 Å². The highest BCUT2D eigenvalue weighted by Crippen LogP contribution is 2.29. The molecular formula is C18H17N5O4S. The summed E-state index contributed by atoms with van der Waals surface area (Å²) in [6.07, 6.45) is 1.69. The second-order valence-electron chi connectivity index (χ2n) is 5.66. The number of aromatic nitrogens is 2. The van der Waals surface area contributed by atoms with Gasteiger partial charge in [-0.1, -0.05) is 42.1 Å². The first-order valence-electron chi connectivity index (χ1n) is 8.13. The van der Waals surface area contributed by atoms with Gasteiger partial charge in [0, 0.05) is 11.6 Å². The zero-order valence-electron chi connectivity index (χ0n) is 14.9. The molecule has 3 rings (SSSR count). The van der Waals surface area contributed by atoms with Crippen molar-refractivity contribution in [3.8, 4) is 17.0 Å². The molecule has 9 nitrogen and oxygen atoms in total. The number of nitrogens with one attached hydrogen (secondary N) is 1. The van der Waals surface area contributed by atoms with Crippen LogP contribution in [0.5, 0.6) is 5.75 Å². The van der Waals surface area contributed by atoms with Crippen LogP contribution in [0.3, 0.4) is 0 Å². The Bertz CT molecular complexity index is 1010. The number of carbonyl (C=O) groups is 1. The van der Waals surface area contributed by atoms with E-state index in [1.807, 2.05) is 30.3 Å². The van der Waals surface area contributed by atoms with Crippen LogP contribution in [0.15, 0.2) is 59.9 Å². The Labute approximate surface area is 164 Å². The fraction of sp³-hybridized carbons (Fsp3) is 0.111. The van der Waals surface area contributed by atoms with E-state index in [0.717, 1.165) is 5.56 Å². The number of nitro benzene ring substituents is 1. The molecule has 0 saturated heterocycles. The number of nitro groups is 1. The molecule has 0 aliphatic heterocycles. The summed E-state index contributed by atoms with van der Waals surface area (Å²) in [6.45, 7) is 0. The van der Waals surface area contributed by atoms with Crippen LogP contribution in [-0.4, -0.2) is 33.4 Å². The van der Waals surface area contributed by atoms with E-state index in [1.54, 1.807) is 6.20 Å². The van der Waals surface area contributed by atoms with Gasteiger partial charge in [0.25, 0.3) is 5.69 Å². The van der Waals surface area contributed by atoms with Gasteiger partial charge in [0.15, 0.2) is 5.16 Å². The molecule has 0 radical (unpaired) electrons. The van der Waals surface area contributed by atoms with Gasteiger partial charge >= 0.3 is 0 Å². The van der Waals surface area contributed by atoms with Gasteiger partial charge in [-0.05, 0) is 6.07 Å². The SMILES string of the molecule is COc1cc([N+](=O)[O-])ccc1NC(=O)CSc1nc(-c2ccccc2)cn1N. The molecule has 0 bridgehead atoms. The molecule has 0 unspecified atom stereocenters. The van der Waals surface area contributed by atoms with E-state index in [4.69, 9.17) is 10.6 Å². The smallest absolute Gasteiger partial charge is 0.273 e. The zero-order chi connectivity index (χ0) is 20.1. The molecule has 0 saturated carbocycles. The average Bonchev–Trinajstić information content (AvgIpc) is 3.08. The van der Waals surface area contributed by atoms with E-state index in [9.17, 15) is 14.9 Å². The number of nitrogens with two attached hydrogens (primary N) is 1. The molecule has 1 amide bonds.